The van der Waals surface area contributed by atoms with Crippen molar-refractivity contribution in [3.63, 3.8) is 0 Å². The van der Waals surface area contributed by atoms with E-state index in [-0.39, 0.29) is 42.5 Å². The van der Waals surface area contributed by atoms with Crippen LogP contribution < -0.4 is 17.0 Å². The summed E-state index contributed by atoms with van der Waals surface area (Å²) in [6.07, 6.45) is 0.909. The molecule has 0 unspecified atom stereocenters. The average molecular weight is 437 g/mol. The van der Waals surface area contributed by atoms with Gasteiger partial charge in [-0.3, -0.25) is 18.7 Å². The van der Waals surface area contributed by atoms with E-state index in [0.717, 1.165) is 4.57 Å². The van der Waals surface area contributed by atoms with Crippen LogP contribution in [0.5, 0.6) is 0 Å². The first-order valence-electron chi connectivity index (χ1n) is 10.4. The van der Waals surface area contributed by atoms with E-state index in [1.807, 2.05) is 13.8 Å². The van der Waals surface area contributed by atoms with Crippen molar-refractivity contribution in [2.75, 3.05) is 13.1 Å². The monoisotopic (exact) mass is 436 g/mol. The fourth-order valence-corrected chi connectivity index (χ4v) is 4.42. The van der Waals surface area contributed by atoms with E-state index in [4.69, 9.17) is 5.73 Å². The molecule has 1 fully saturated rings. The molecule has 31 heavy (non-hydrogen) atoms. The van der Waals surface area contributed by atoms with Gasteiger partial charge in [0.05, 0.1) is 30.1 Å². The first-order valence-corrected chi connectivity index (χ1v) is 10.4. The summed E-state index contributed by atoms with van der Waals surface area (Å²) in [5, 5.41) is 21.7. The van der Waals surface area contributed by atoms with Crippen LogP contribution in [0.2, 0.25) is 0 Å². The molecule has 0 aliphatic carbocycles. The van der Waals surface area contributed by atoms with Gasteiger partial charge in [0.2, 0.25) is 5.91 Å². The van der Waals surface area contributed by atoms with Crippen molar-refractivity contribution in [1.29, 1.82) is 0 Å². The van der Waals surface area contributed by atoms with E-state index >= 15 is 0 Å². The van der Waals surface area contributed by atoms with Crippen molar-refractivity contribution < 1.29 is 15.0 Å². The van der Waals surface area contributed by atoms with Crippen molar-refractivity contribution in [2.45, 2.75) is 57.4 Å². The molecule has 3 heterocycles. The molecule has 172 valence electrons. The molecule has 1 aliphatic rings. The molecule has 0 bridgehead atoms. The third kappa shape index (κ3) is 4.17. The first-order chi connectivity index (χ1) is 14.3. The van der Waals surface area contributed by atoms with Gasteiger partial charge in [0.1, 0.15) is 0 Å². The number of hydrogen-bond acceptors (Lipinski definition) is 7. The number of aliphatic hydroxyl groups is 2. The minimum Gasteiger partial charge on any atom is -0.391 e. The van der Waals surface area contributed by atoms with Gasteiger partial charge in [-0.15, -0.1) is 0 Å². The summed E-state index contributed by atoms with van der Waals surface area (Å²) in [6.45, 7) is 5.55. The number of β-amino-alcohol motifs (C(OH)–C–C–N with tert-alkyl or cyclic N) is 1. The Morgan fingerprint density at radius 1 is 1.29 bits per heavy atom. The molecular formula is C20H32N6O5. The van der Waals surface area contributed by atoms with E-state index in [1.165, 1.54) is 34.5 Å². The Morgan fingerprint density at radius 2 is 1.94 bits per heavy atom. The lowest BCUT2D eigenvalue weighted by Gasteiger charge is -2.34. The van der Waals surface area contributed by atoms with Gasteiger partial charge >= 0.3 is 5.69 Å². The summed E-state index contributed by atoms with van der Waals surface area (Å²) in [5.41, 5.74) is 3.91. The molecule has 4 N–H and O–H groups in total. The summed E-state index contributed by atoms with van der Waals surface area (Å²) in [5.74, 6) is -0.100. The molecule has 0 aromatic carbocycles. The Kier molecular flexibility index (Phi) is 6.14. The third-order valence-electron chi connectivity index (χ3n) is 6.05. The van der Waals surface area contributed by atoms with E-state index in [0.29, 0.717) is 6.42 Å². The van der Waals surface area contributed by atoms with Crippen molar-refractivity contribution in [2.24, 2.45) is 25.7 Å². The molecule has 1 aliphatic heterocycles. The Bertz CT molecular complexity index is 1100. The quantitative estimate of drug-likeness (QED) is 0.539. The molecule has 0 spiro atoms. The second-order valence-electron chi connectivity index (χ2n) is 9.24. The number of hydrogen-bond donors (Lipinski definition) is 3. The number of fused-ring (bicyclic) bond motifs is 1. The summed E-state index contributed by atoms with van der Waals surface area (Å²) < 4.78 is 3.74. The van der Waals surface area contributed by atoms with Crippen LogP contribution in [0, 0.1) is 5.92 Å². The highest BCUT2D eigenvalue weighted by atomic mass is 16.3. The predicted molar refractivity (Wildman–Crippen MR) is 115 cm³/mol. The third-order valence-corrected chi connectivity index (χ3v) is 6.05. The predicted octanol–water partition coefficient (Wildman–Crippen LogP) is -1.31. The van der Waals surface area contributed by atoms with Gasteiger partial charge < -0.3 is 25.4 Å². The van der Waals surface area contributed by atoms with Crippen molar-refractivity contribution >= 4 is 17.1 Å². The number of carbonyl (C=O) groups excluding carboxylic acids is 1. The smallest absolute Gasteiger partial charge is 0.332 e. The largest absolute Gasteiger partial charge is 0.391 e. The normalized spacial score (nSPS) is 25.8. The number of aryl methyl sites for hydroxylation is 1. The van der Waals surface area contributed by atoms with Crippen LogP contribution >= 0.6 is 0 Å². The molecular weight excluding hydrogens is 404 g/mol. The van der Waals surface area contributed by atoms with Gasteiger partial charge in [-0.05, 0) is 19.3 Å². The maximum Gasteiger partial charge on any atom is 0.332 e. The minimum atomic E-state index is -1.45. The highest BCUT2D eigenvalue weighted by Gasteiger charge is 2.43. The second-order valence-corrected chi connectivity index (χ2v) is 9.24. The fourth-order valence-electron chi connectivity index (χ4n) is 4.42. The fraction of sp³-hybridized carbons (Fsp3) is 0.700. The zero-order valence-corrected chi connectivity index (χ0v) is 18.6. The number of carbonyl (C=O) groups is 1. The zero-order chi connectivity index (χ0) is 23.2. The van der Waals surface area contributed by atoms with Crippen molar-refractivity contribution in [1.82, 2.24) is 23.6 Å². The van der Waals surface area contributed by atoms with Crippen LogP contribution in [0.4, 0.5) is 0 Å². The van der Waals surface area contributed by atoms with Crippen LogP contribution in [0.15, 0.2) is 15.9 Å². The molecule has 2 aromatic rings. The van der Waals surface area contributed by atoms with Crippen LogP contribution in [-0.4, -0.2) is 70.5 Å². The molecule has 0 saturated carbocycles. The zero-order valence-electron chi connectivity index (χ0n) is 18.6. The van der Waals surface area contributed by atoms with Gasteiger partial charge in [0.25, 0.3) is 5.56 Å². The van der Waals surface area contributed by atoms with Crippen molar-refractivity contribution in [3.05, 3.63) is 27.2 Å². The van der Waals surface area contributed by atoms with E-state index in [9.17, 15) is 24.6 Å². The van der Waals surface area contributed by atoms with Crippen molar-refractivity contribution in [3.8, 4) is 0 Å². The number of amides is 1. The Hall–Kier alpha value is -2.50. The summed E-state index contributed by atoms with van der Waals surface area (Å²) in [4.78, 5) is 43.8. The molecule has 0 radical (unpaired) electrons. The summed E-state index contributed by atoms with van der Waals surface area (Å²) >= 11 is 0. The van der Waals surface area contributed by atoms with E-state index in [1.54, 1.807) is 6.92 Å². The maximum absolute atomic E-state index is 13.0. The average Bonchev–Trinajstić information content (AvgIpc) is 3.05. The molecule has 11 nitrogen and oxygen atoms in total. The lowest BCUT2D eigenvalue weighted by molar-refractivity contribution is -0.134. The van der Waals surface area contributed by atoms with Gasteiger partial charge in [0.15, 0.2) is 11.2 Å². The van der Waals surface area contributed by atoms with Crippen LogP contribution in [0.25, 0.3) is 11.2 Å². The van der Waals surface area contributed by atoms with Crippen LogP contribution in [0.3, 0.4) is 0 Å². The summed E-state index contributed by atoms with van der Waals surface area (Å²) in [7, 11) is 2.88. The van der Waals surface area contributed by atoms with Crippen LogP contribution in [-0.2, 0) is 18.9 Å². The van der Waals surface area contributed by atoms with Gasteiger partial charge in [0, 0.05) is 33.6 Å². The lowest BCUT2D eigenvalue weighted by atomic mass is 9.91. The highest BCUT2D eigenvalue weighted by Crippen LogP contribution is 2.33. The molecule has 2 aromatic heterocycles. The second kappa shape index (κ2) is 8.21. The maximum atomic E-state index is 13.0. The molecule has 1 saturated heterocycles. The number of nitrogens with zero attached hydrogens (tertiary/aromatic N) is 5. The Morgan fingerprint density at radius 3 is 2.55 bits per heavy atom. The highest BCUT2D eigenvalue weighted by molar-refractivity contribution is 5.82. The number of aromatic nitrogens is 4. The van der Waals surface area contributed by atoms with E-state index in [2.05, 4.69) is 4.98 Å². The Balaban J connectivity index is 2.11. The molecule has 4 atom stereocenters. The molecule has 11 heteroatoms. The van der Waals surface area contributed by atoms with Crippen LogP contribution in [0.1, 0.15) is 39.7 Å². The minimum absolute atomic E-state index is 0.00732. The Labute approximate surface area is 179 Å². The first kappa shape index (κ1) is 23.2. The van der Waals surface area contributed by atoms with Gasteiger partial charge in [-0.1, -0.05) is 13.8 Å². The topological polar surface area (TPSA) is 149 Å². The number of likely N-dealkylation sites (tertiary alicyclic amines) is 1. The standard InChI is InChI=1S/C20H32N6O5/c1-11(2)6-13(21)17(28)25-8-12(27)7-20(3,31)14(9-25)26-10-22-16-15(26)18(29)24(5)19(30)23(16)4/h10-14,27,31H,6-9,21H2,1-5H3/t12-,13-,14+,20+/m0/s1. The summed E-state index contributed by atoms with van der Waals surface area (Å²) in [6, 6.07) is -1.51. The number of aliphatic hydroxyl groups excluding tert-OH is 1. The van der Waals surface area contributed by atoms with Gasteiger partial charge in [-0.25, -0.2) is 9.78 Å². The number of nitrogens with two attached hydrogens (primary N) is 1. The SMILES string of the molecule is CC(C)C[C@H](N)C(=O)N1C[C@@H](O)C[C@@](C)(O)[C@H](n2cnc3c2c(=O)n(C)c(=O)n3C)C1. The van der Waals surface area contributed by atoms with E-state index < -0.39 is 35.0 Å². The molecule has 1 amide bonds. The lowest BCUT2D eigenvalue weighted by Crippen LogP contribution is -2.49. The van der Waals surface area contributed by atoms with Gasteiger partial charge in [-0.2, -0.15) is 0 Å². The number of imidazole rings is 1. The molecule has 3 rings (SSSR count). The number of rotatable bonds is 4.